The van der Waals surface area contributed by atoms with Gasteiger partial charge in [-0.05, 0) is 38.0 Å². The summed E-state index contributed by atoms with van der Waals surface area (Å²) in [6.45, 7) is 6.74. The van der Waals surface area contributed by atoms with Gasteiger partial charge in [0.15, 0.2) is 0 Å². The van der Waals surface area contributed by atoms with E-state index in [0.717, 1.165) is 25.0 Å². The number of nitrogens with zero attached hydrogens (tertiary/aromatic N) is 3. The fraction of sp³-hybridized carbons (Fsp3) is 0.500. The molecular formula is C22H28F3N3O3. The van der Waals surface area contributed by atoms with Gasteiger partial charge in [-0.15, -0.1) is 0 Å². The van der Waals surface area contributed by atoms with Gasteiger partial charge in [0.25, 0.3) is 0 Å². The second-order valence-electron chi connectivity index (χ2n) is 7.21. The highest BCUT2D eigenvalue weighted by molar-refractivity contribution is 6.06. The molecule has 170 valence electrons. The lowest BCUT2D eigenvalue weighted by Gasteiger charge is -2.27. The number of halogens is 3. The largest absolute Gasteiger partial charge is 0.462 e. The number of ether oxygens (including phenoxy) is 1. The van der Waals surface area contributed by atoms with Crippen LogP contribution >= 0.6 is 0 Å². The van der Waals surface area contributed by atoms with Gasteiger partial charge in [-0.2, -0.15) is 13.2 Å². The predicted molar refractivity (Wildman–Crippen MR) is 113 cm³/mol. The monoisotopic (exact) mass is 439 g/mol. The first-order valence-corrected chi connectivity index (χ1v) is 10.3. The minimum atomic E-state index is -4.56. The SMILES string of the molecule is CCCN(CCC)C(=O)CN(C)c1c(C(=O)OCC)cnc2ccc(C(F)(F)F)cc12. The minimum absolute atomic E-state index is 0.0153. The number of hydrogen-bond donors (Lipinski definition) is 0. The molecule has 0 unspecified atom stereocenters. The van der Waals surface area contributed by atoms with Crippen LogP contribution in [-0.2, 0) is 15.7 Å². The first-order chi connectivity index (χ1) is 14.6. The molecule has 31 heavy (non-hydrogen) atoms. The van der Waals surface area contributed by atoms with E-state index < -0.39 is 17.7 Å². The molecule has 6 nitrogen and oxygen atoms in total. The van der Waals surface area contributed by atoms with Crippen LogP contribution in [0.1, 0.15) is 49.5 Å². The molecule has 2 aromatic rings. The van der Waals surface area contributed by atoms with E-state index >= 15 is 0 Å². The van der Waals surface area contributed by atoms with Crippen LogP contribution in [0.3, 0.4) is 0 Å². The van der Waals surface area contributed by atoms with E-state index in [1.165, 1.54) is 17.2 Å². The van der Waals surface area contributed by atoms with Gasteiger partial charge in [-0.25, -0.2) is 4.79 Å². The fourth-order valence-electron chi connectivity index (χ4n) is 3.41. The number of hydrogen-bond acceptors (Lipinski definition) is 5. The average molecular weight is 439 g/mol. The van der Waals surface area contributed by atoms with E-state index in [2.05, 4.69) is 4.98 Å². The lowest BCUT2D eigenvalue weighted by molar-refractivity contribution is -0.137. The first kappa shape index (κ1) is 24.4. The number of amides is 1. The Morgan fingerprint density at radius 1 is 1.10 bits per heavy atom. The van der Waals surface area contributed by atoms with Gasteiger partial charge < -0.3 is 14.5 Å². The quantitative estimate of drug-likeness (QED) is 0.538. The third-order valence-corrected chi connectivity index (χ3v) is 4.76. The molecule has 0 bridgehead atoms. The summed E-state index contributed by atoms with van der Waals surface area (Å²) in [5, 5.41) is 0.133. The van der Waals surface area contributed by atoms with E-state index in [4.69, 9.17) is 4.74 Å². The number of benzene rings is 1. The van der Waals surface area contributed by atoms with Gasteiger partial charge in [0.05, 0.1) is 29.9 Å². The Labute approximate surface area is 180 Å². The maximum Gasteiger partial charge on any atom is 0.416 e. The molecule has 0 radical (unpaired) electrons. The topological polar surface area (TPSA) is 62.7 Å². The molecule has 9 heteroatoms. The standard InChI is InChI=1S/C22H28F3N3O3/c1-5-10-28(11-6-2)19(29)14-27(4)20-16-12-15(22(23,24)25)8-9-18(16)26-13-17(20)21(30)31-7-3/h8-9,12-13H,5-7,10-11,14H2,1-4H3. The van der Waals surface area contributed by atoms with E-state index in [-0.39, 0.29) is 41.2 Å². The van der Waals surface area contributed by atoms with Crippen LogP contribution in [0.15, 0.2) is 24.4 Å². The predicted octanol–water partition coefficient (Wildman–Crippen LogP) is 4.52. The molecular weight excluding hydrogens is 411 g/mol. The number of esters is 1. The van der Waals surface area contributed by atoms with Crippen LogP contribution in [-0.4, -0.2) is 55.0 Å². The average Bonchev–Trinajstić information content (AvgIpc) is 2.71. The molecule has 0 aliphatic rings. The van der Waals surface area contributed by atoms with E-state index in [1.54, 1.807) is 18.9 Å². The maximum absolute atomic E-state index is 13.3. The minimum Gasteiger partial charge on any atom is -0.462 e. The van der Waals surface area contributed by atoms with Gasteiger partial charge in [0, 0.05) is 31.7 Å². The van der Waals surface area contributed by atoms with E-state index in [1.807, 2.05) is 13.8 Å². The van der Waals surface area contributed by atoms with Gasteiger partial charge in [-0.1, -0.05) is 13.8 Å². The van der Waals surface area contributed by atoms with Crippen molar-refractivity contribution >= 4 is 28.5 Å². The molecule has 0 fully saturated rings. The zero-order valence-electron chi connectivity index (χ0n) is 18.3. The van der Waals surface area contributed by atoms with Gasteiger partial charge in [0.2, 0.25) is 5.91 Å². The molecule has 0 aliphatic carbocycles. The molecule has 1 heterocycles. The summed E-state index contributed by atoms with van der Waals surface area (Å²) in [5.74, 6) is -0.875. The number of fused-ring (bicyclic) bond motifs is 1. The van der Waals surface area contributed by atoms with Crippen molar-refractivity contribution in [3.63, 3.8) is 0 Å². The van der Waals surface area contributed by atoms with Gasteiger partial charge >= 0.3 is 12.1 Å². The summed E-state index contributed by atoms with van der Waals surface area (Å²) in [7, 11) is 1.58. The molecule has 0 atom stereocenters. The van der Waals surface area contributed by atoms with Crippen LogP contribution < -0.4 is 4.90 Å². The Bertz CT molecular complexity index is 925. The first-order valence-electron chi connectivity index (χ1n) is 10.3. The highest BCUT2D eigenvalue weighted by Gasteiger charge is 2.32. The molecule has 1 amide bonds. The van der Waals surface area contributed by atoms with Crippen LogP contribution in [0.2, 0.25) is 0 Å². The Hall–Kier alpha value is -2.84. The third kappa shape index (κ3) is 5.86. The van der Waals surface area contributed by atoms with Crippen molar-refractivity contribution in [1.29, 1.82) is 0 Å². The second kappa shape index (κ2) is 10.5. The van der Waals surface area contributed by atoms with Crippen molar-refractivity contribution in [3.05, 3.63) is 35.5 Å². The summed E-state index contributed by atoms with van der Waals surface area (Å²) in [6.07, 6.45) is -1.70. The Kier molecular flexibility index (Phi) is 8.24. The lowest BCUT2D eigenvalue weighted by Crippen LogP contribution is -2.40. The smallest absolute Gasteiger partial charge is 0.416 e. The highest BCUT2D eigenvalue weighted by atomic mass is 19.4. The lowest BCUT2D eigenvalue weighted by atomic mass is 10.0. The number of carbonyl (C=O) groups excluding carboxylic acids is 2. The van der Waals surface area contributed by atoms with Gasteiger partial charge in [0.1, 0.15) is 5.56 Å². The van der Waals surface area contributed by atoms with Crippen molar-refractivity contribution in [1.82, 2.24) is 9.88 Å². The zero-order valence-corrected chi connectivity index (χ0v) is 18.3. The summed E-state index contributed by atoms with van der Waals surface area (Å²) < 4.78 is 45.1. The molecule has 0 saturated heterocycles. The molecule has 0 N–H and O–H groups in total. The molecule has 0 aliphatic heterocycles. The van der Waals surface area contributed by atoms with Crippen molar-refractivity contribution in [2.75, 3.05) is 38.2 Å². The fourth-order valence-corrected chi connectivity index (χ4v) is 3.41. The van der Waals surface area contributed by atoms with E-state index in [9.17, 15) is 22.8 Å². The molecule has 2 rings (SSSR count). The summed E-state index contributed by atoms with van der Waals surface area (Å²) in [5.41, 5.74) is -0.367. The van der Waals surface area contributed by atoms with Crippen molar-refractivity contribution in [3.8, 4) is 0 Å². The highest BCUT2D eigenvalue weighted by Crippen LogP contribution is 2.35. The maximum atomic E-state index is 13.3. The van der Waals surface area contributed by atoms with Crippen LogP contribution in [0.5, 0.6) is 0 Å². The normalized spacial score (nSPS) is 11.5. The number of likely N-dealkylation sites (N-methyl/N-ethyl adjacent to an activating group) is 1. The van der Waals surface area contributed by atoms with Gasteiger partial charge in [-0.3, -0.25) is 9.78 Å². The number of aromatic nitrogens is 1. The van der Waals surface area contributed by atoms with Crippen molar-refractivity contribution < 1.29 is 27.5 Å². The summed E-state index contributed by atoms with van der Waals surface area (Å²) in [6, 6.07) is 3.16. The molecule has 1 aromatic heterocycles. The number of carbonyl (C=O) groups is 2. The number of anilines is 1. The number of pyridine rings is 1. The van der Waals surface area contributed by atoms with E-state index in [0.29, 0.717) is 13.1 Å². The number of alkyl halides is 3. The third-order valence-electron chi connectivity index (χ3n) is 4.76. The molecule has 0 spiro atoms. The summed E-state index contributed by atoms with van der Waals surface area (Å²) >= 11 is 0. The van der Waals surface area contributed by atoms with Crippen LogP contribution in [0.4, 0.5) is 18.9 Å². The zero-order chi connectivity index (χ0) is 23.2. The van der Waals surface area contributed by atoms with Crippen molar-refractivity contribution in [2.24, 2.45) is 0 Å². The Morgan fingerprint density at radius 3 is 2.29 bits per heavy atom. The Balaban J connectivity index is 2.58. The molecule has 1 aromatic carbocycles. The second-order valence-corrected chi connectivity index (χ2v) is 7.21. The number of rotatable bonds is 9. The van der Waals surface area contributed by atoms with Crippen molar-refractivity contribution in [2.45, 2.75) is 39.8 Å². The Morgan fingerprint density at radius 2 is 1.74 bits per heavy atom. The van der Waals surface area contributed by atoms with Crippen LogP contribution in [0, 0.1) is 0 Å². The molecule has 0 saturated carbocycles. The summed E-state index contributed by atoms with van der Waals surface area (Å²) in [4.78, 5) is 32.7. The van der Waals surface area contributed by atoms with Crippen LogP contribution in [0.25, 0.3) is 10.9 Å².